The Morgan fingerprint density at radius 3 is 2.53 bits per heavy atom. The van der Waals surface area contributed by atoms with Crippen LogP contribution in [-0.2, 0) is 0 Å². The maximum atomic E-state index is 2.44. The first-order chi connectivity index (χ1) is 7.97. The summed E-state index contributed by atoms with van der Waals surface area (Å²) in [5.74, 6) is 0. The highest BCUT2D eigenvalue weighted by molar-refractivity contribution is 5.48. The second kappa shape index (κ2) is 4.68. The number of fused-ring (bicyclic) bond motifs is 1. The van der Waals surface area contributed by atoms with E-state index in [1.807, 2.05) is 0 Å². The fourth-order valence-corrected chi connectivity index (χ4v) is 2.52. The molecule has 0 aromatic rings. The molecule has 17 heavy (non-hydrogen) atoms. The van der Waals surface area contributed by atoms with Crippen molar-refractivity contribution in [3.05, 3.63) is 46.6 Å². The van der Waals surface area contributed by atoms with Crippen molar-refractivity contribution in [2.45, 2.75) is 53.4 Å². The molecule has 0 saturated carbocycles. The lowest BCUT2D eigenvalue weighted by Gasteiger charge is -2.22. The van der Waals surface area contributed by atoms with E-state index in [9.17, 15) is 0 Å². The average Bonchev–Trinajstić information content (AvgIpc) is 2.52. The van der Waals surface area contributed by atoms with Crippen LogP contribution in [0.5, 0.6) is 0 Å². The molecular formula is C17H24. The van der Waals surface area contributed by atoms with Crippen LogP contribution in [-0.4, -0.2) is 0 Å². The van der Waals surface area contributed by atoms with Gasteiger partial charge in [0.2, 0.25) is 0 Å². The van der Waals surface area contributed by atoms with E-state index in [0.29, 0.717) is 5.41 Å². The van der Waals surface area contributed by atoms with Crippen LogP contribution < -0.4 is 0 Å². The van der Waals surface area contributed by atoms with Crippen molar-refractivity contribution in [1.29, 1.82) is 0 Å². The zero-order valence-corrected chi connectivity index (χ0v) is 11.6. The van der Waals surface area contributed by atoms with Crippen LogP contribution in [0.15, 0.2) is 46.6 Å². The Bertz CT molecular complexity index is 419. The molecule has 0 heteroatoms. The molecule has 0 nitrogen and oxygen atoms in total. The van der Waals surface area contributed by atoms with E-state index >= 15 is 0 Å². The summed E-state index contributed by atoms with van der Waals surface area (Å²) in [7, 11) is 0. The molecular weight excluding hydrogens is 204 g/mol. The Hall–Kier alpha value is -1.04. The quantitative estimate of drug-likeness (QED) is 0.524. The minimum Gasteiger partial charge on any atom is -0.0767 e. The van der Waals surface area contributed by atoms with Crippen molar-refractivity contribution >= 4 is 0 Å². The highest BCUT2D eigenvalue weighted by Gasteiger charge is 2.20. The van der Waals surface area contributed by atoms with Crippen LogP contribution in [0.3, 0.4) is 0 Å². The van der Waals surface area contributed by atoms with E-state index in [0.717, 1.165) is 6.42 Å². The zero-order valence-electron chi connectivity index (χ0n) is 11.6. The normalized spacial score (nSPS) is 21.4. The van der Waals surface area contributed by atoms with Gasteiger partial charge in [-0.3, -0.25) is 0 Å². The van der Waals surface area contributed by atoms with Gasteiger partial charge in [-0.2, -0.15) is 0 Å². The molecule has 0 N–H and O–H groups in total. The first-order valence-electron chi connectivity index (χ1n) is 6.75. The van der Waals surface area contributed by atoms with Crippen molar-refractivity contribution in [1.82, 2.24) is 0 Å². The molecule has 0 aromatic heterocycles. The van der Waals surface area contributed by atoms with E-state index in [2.05, 4.69) is 52.0 Å². The van der Waals surface area contributed by atoms with Gasteiger partial charge in [0, 0.05) is 0 Å². The van der Waals surface area contributed by atoms with Crippen LogP contribution in [0, 0.1) is 5.41 Å². The molecule has 0 spiro atoms. The third-order valence-electron chi connectivity index (χ3n) is 3.77. The molecule has 0 aromatic carbocycles. The average molecular weight is 228 g/mol. The lowest BCUT2D eigenvalue weighted by Crippen LogP contribution is -2.09. The summed E-state index contributed by atoms with van der Waals surface area (Å²) in [6.07, 6.45) is 14.4. The fraction of sp³-hybridized carbons (Fsp3) is 0.529. The Morgan fingerprint density at radius 2 is 1.82 bits per heavy atom. The molecule has 0 aliphatic heterocycles. The summed E-state index contributed by atoms with van der Waals surface area (Å²) in [6, 6.07) is 0. The third-order valence-corrected chi connectivity index (χ3v) is 3.77. The Kier molecular flexibility index (Phi) is 3.42. The second-order valence-corrected chi connectivity index (χ2v) is 6.34. The van der Waals surface area contributed by atoms with E-state index in [-0.39, 0.29) is 0 Å². The minimum atomic E-state index is 0.307. The van der Waals surface area contributed by atoms with Gasteiger partial charge in [-0.05, 0) is 49.2 Å². The zero-order chi connectivity index (χ0) is 12.5. The van der Waals surface area contributed by atoms with E-state index in [1.165, 1.54) is 30.4 Å². The first kappa shape index (κ1) is 12.4. The number of hydrogen-bond acceptors (Lipinski definition) is 0. The number of allylic oxidation sites excluding steroid dienone is 8. The van der Waals surface area contributed by atoms with Crippen LogP contribution in [0.2, 0.25) is 0 Å². The Balaban J connectivity index is 2.40. The number of hydrogen-bond donors (Lipinski definition) is 0. The van der Waals surface area contributed by atoms with E-state index in [1.54, 1.807) is 11.1 Å². The lowest BCUT2D eigenvalue weighted by atomic mass is 9.83. The van der Waals surface area contributed by atoms with Crippen LogP contribution in [0.25, 0.3) is 0 Å². The van der Waals surface area contributed by atoms with Crippen LogP contribution >= 0.6 is 0 Å². The molecule has 2 rings (SSSR count). The smallest absolute Gasteiger partial charge is 0.0132 e. The number of rotatable bonds is 0. The largest absolute Gasteiger partial charge is 0.0767 e. The maximum absolute atomic E-state index is 2.44. The summed E-state index contributed by atoms with van der Waals surface area (Å²) in [4.78, 5) is 0. The summed E-state index contributed by atoms with van der Waals surface area (Å²) >= 11 is 0. The van der Waals surface area contributed by atoms with Gasteiger partial charge >= 0.3 is 0 Å². The minimum absolute atomic E-state index is 0.307. The van der Waals surface area contributed by atoms with Gasteiger partial charge in [0.1, 0.15) is 0 Å². The van der Waals surface area contributed by atoms with Gasteiger partial charge in [0.05, 0.1) is 0 Å². The monoisotopic (exact) mass is 228 g/mol. The van der Waals surface area contributed by atoms with Crippen molar-refractivity contribution < 1.29 is 0 Å². The lowest BCUT2D eigenvalue weighted by molar-refractivity contribution is 0.479. The first-order valence-corrected chi connectivity index (χ1v) is 6.75. The third kappa shape index (κ3) is 3.00. The summed E-state index contributed by atoms with van der Waals surface area (Å²) in [5, 5.41) is 0. The molecule has 2 aliphatic carbocycles. The highest BCUT2D eigenvalue weighted by Crippen LogP contribution is 2.36. The van der Waals surface area contributed by atoms with Gasteiger partial charge in [0.15, 0.2) is 0 Å². The molecule has 0 fully saturated rings. The summed E-state index contributed by atoms with van der Waals surface area (Å²) < 4.78 is 0. The SMILES string of the molecule is CC1=CC=C2C=C(C(C)(C)C)CCCC2=CC1. The molecule has 0 atom stereocenters. The molecule has 0 radical (unpaired) electrons. The van der Waals surface area contributed by atoms with Gasteiger partial charge in [-0.25, -0.2) is 0 Å². The van der Waals surface area contributed by atoms with Crippen molar-refractivity contribution in [3.8, 4) is 0 Å². The molecule has 2 aliphatic rings. The Morgan fingerprint density at radius 1 is 1.06 bits per heavy atom. The van der Waals surface area contributed by atoms with E-state index < -0.39 is 0 Å². The van der Waals surface area contributed by atoms with Crippen LogP contribution in [0.1, 0.15) is 53.4 Å². The molecule has 0 saturated heterocycles. The predicted molar refractivity (Wildman–Crippen MR) is 75.9 cm³/mol. The van der Waals surface area contributed by atoms with Gasteiger partial charge in [0.25, 0.3) is 0 Å². The van der Waals surface area contributed by atoms with Crippen LogP contribution in [0.4, 0.5) is 0 Å². The van der Waals surface area contributed by atoms with Crippen molar-refractivity contribution in [3.63, 3.8) is 0 Å². The predicted octanol–water partition coefficient (Wildman–Crippen LogP) is 5.35. The molecule has 0 unspecified atom stereocenters. The fourth-order valence-electron chi connectivity index (χ4n) is 2.52. The van der Waals surface area contributed by atoms with Gasteiger partial charge in [-0.1, -0.05) is 56.2 Å². The Labute approximate surface area is 106 Å². The van der Waals surface area contributed by atoms with Gasteiger partial charge < -0.3 is 0 Å². The summed E-state index contributed by atoms with van der Waals surface area (Å²) in [6.45, 7) is 9.19. The van der Waals surface area contributed by atoms with Gasteiger partial charge in [-0.15, -0.1) is 0 Å². The molecule has 0 heterocycles. The molecule has 0 bridgehead atoms. The van der Waals surface area contributed by atoms with Crippen molar-refractivity contribution in [2.24, 2.45) is 5.41 Å². The summed E-state index contributed by atoms with van der Waals surface area (Å²) in [5.41, 5.74) is 6.37. The topological polar surface area (TPSA) is 0 Å². The van der Waals surface area contributed by atoms with Crippen molar-refractivity contribution in [2.75, 3.05) is 0 Å². The standard InChI is InChI=1S/C17H24/c1-13-8-10-14-6-5-7-16(17(2,3)4)12-15(14)11-9-13/h9-12H,5-8H2,1-4H3. The molecule has 92 valence electrons. The highest BCUT2D eigenvalue weighted by atomic mass is 14.3. The maximum Gasteiger partial charge on any atom is -0.0132 e. The second-order valence-electron chi connectivity index (χ2n) is 6.34. The van der Waals surface area contributed by atoms with E-state index in [4.69, 9.17) is 0 Å². The molecule has 0 amide bonds.